The number of hydrogen-bond acceptors (Lipinski definition) is 3. The van der Waals surface area contributed by atoms with E-state index in [4.69, 9.17) is 9.47 Å². The highest BCUT2D eigenvalue weighted by molar-refractivity contribution is 5.73. The number of carbonyl (C=O) groups excluding carboxylic acids is 1. The summed E-state index contributed by atoms with van der Waals surface area (Å²) in [4.78, 5) is 11.8. The molecule has 0 aliphatic carbocycles. The molecule has 134 valence electrons. The number of carbonyl (C=O) groups is 1. The van der Waals surface area contributed by atoms with Crippen LogP contribution in [0.3, 0.4) is 0 Å². The standard InChI is InChI=1S/C20H26N2O3/c1-3-12-24-19-6-4-5-17(14-19)15-22-20(23)21-11-13-25-18-9-7-16(2)8-10-18/h4-10,14H,3,11-13,15H2,1-2H3,(H2,21,22,23). The smallest absolute Gasteiger partial charge is 0.315 e. The Morgan fingerprint density at radius 2 is 1.72 bits per heavy atom. The maximum atomic E-state index is 11.8. The van der Waals surface area contributed by atoms with Crippen molar-refractivity contribution in [3.05, 3.63) is 59.7 Å². The van der Waals surface area contributed by atoms with E-state index >= 15 is 0 Å². The Kier molecular flexibility index (Phi) is 7.63. The van der Waals surface area contributed by atoms with Gasteiger partial charge in [0, 0.05) is 6.54 Å². The van der Waals surface area contributed by atoms with Crippen LogP contribution in [0.25, 0.3) is 0 Å². The predicted octanol–water partition coefficient (Wildman–Crippen LogP) is 3.66. The monoisotopic (exact) mass is 342 g/mol. The average molecular weight is 342 g/mol. The number of urea groups is 1. The number of amides is 2. The van der Waals surface area contributed by atoms with Crippen LogP contribution in [0.1, 0.15) is 24.5 Å². The van der Waals surface area contributed by atoms with Gasteiger partial charge in [-0.05, 0) is 43.2 Å². The lowest BCUT2D eigenvalue weighted by molar-refractivity contribution is 0.236. The largest absolute Gasteiger partial charge is 0.494 e. The van der Waals surface area contributed by atoms with Gasteiger partial charge in [-0.15, -0.1) is 0 Å². The summed E-state index contributed by atoms with van der Waals surface area (Å²) in [6.07, 6.45) is 0.968. The van der Waals surface area contributed by atoms with Crippen molar-refractivity contribution in [3.63, 3.8) is 0 Å². The van der Waals surface area contributed by atoms with Crippen LogP contribution >= 0.6 is 0 Å². The molecule has 2 rings (SSSR count). The third-order valence-electron chi connectivity index (χ3n) is 3.50. The van der Waals surface area contributed by atoms with E-state index in [2.05, 4.69) is 17.6 Å². The minimum atomic E-state index is -0.215. The zero-order valence-corrected chi connectivity index (χ0v) is 14.9. The summed E-state index contributed by atoms with van der Waals surface area (Å²) in [7, 11) is 0. The van der Waals surface area contributed by atoms with Crippen molar-refractivity contribution in [3.8, 4) is 11.5 Å². The average Bonchev–Trinajstić information content (AvgIpc) is 2.63. The molecular formula is C20H26N2O3. The van der Waals surface area contributed by atoms with Gasteiger partial charge in [-0.1, -0.05) is 36.8 Å². The molecule has 2 aromatic rings. The lowest BCUT2D eigenvalue weighted by Gasteiger charge is -2.10. The Hall–Kier alpha value is -2.69. The van der Waals surface area contributed by atoms with Gasteiger partial charge in [-0.25, -0.2) is 4.79 Å². The van der Waals surface area contributed by atoms with E-state index in [1.54, 1.807) is 0 Å². The van der Waals surface area contributed by atoms with Crippen molar-refractivity contribution in [2.45, 2.75) is 26.8 Å². The SMILES string of the molecule is CCCOc1cccc(CNC(=O)NCCOc2ccc(C)cc2)c1. The lowest BCUT2D eigenvalue weighted by atomic mass is 10.2. The number of aryl methyl sites for hydroxylation is 1. The molecule has 2 N–H and O–H groups in total. The third-order valence-corrected chi connectivity index (χ3v) is 3.50. The highest BCUT2D eigenvalue weighted by atomic mass is 16.5. The molecule has 5 heteroatoms. The Labute approximate surface area is 149 Å². The van der Waals surface area contributed by atoms with E-state index in [-0.39, 0.29) is 6.03 Å². The van der Waals surface area contributed by atoms with Gasteiger partial charge in [0.25, 0.3) is 0 Å². The van der Waals surface area contributed by atoms with Crippen LogP contribution in [0.15, 0.2) is 48.5 Å². The van der Waals surface area contributed by atoms with Crippen LogP contribution in [0.5, 0.6) is 11.5 Å². The van der Waals surface area contributed by atoms with Gasteiger partial charge in [0.2, 0.25) is 0 Å². The molecule has 25 heavy (non-hydrogen) atoms. The van der Waals surface area contributed by atoms with Crippen molar-refractivity contribution < 1.29 is 14.3 Å². The highest BCUT2D eigenvalue weighted by Gasteiger charge is 2.02. The zero-order chi connectivity index (χ0) is 17.9. The van der Waals surface area contributed by atoms with Gasteiger partial charge in [0.15, 0.2) is 0 Å². The van der Waals surface area contributed by atoms with Gasteiger partial charge in [0.1, 0.15) is 18.1 Å². The van der Waals surface area contributed by atoms with Crippen LogP contribution in [0, 0.1) is 6.92 Å². The van der Waals surface area contributed by atoms with Crippen molar-refractivity contribution in [1.82, 2.24) is 10.6 Å². The van der Waals surface area contributed by atoms with Gasteiger partial charge < -0.3 is 20.1 Å². The van der Waals surface area contributed by atoms with Crippen LogP contribution in [0.4, 0.5) is 4.79 Å². The summed E-state index contributed by atoms with van der Waals surface area (Å²) >= 11 is 0. The van der Waals surface area contributed by atoms with Gasteiger partial charge in [0.05, 0.1) is 13.2 Å². The molecule has 0 fully saturated rings. The first-order valence-electron chi connectivity index (χ1n) is 8.60. The van der Waals surface area contributed by atoms with E-state index in [0.29, 0.717) is 26.3 Å². The summed E-state index contributed by atoms with van der Waals surface area (Å²) in [5.41, 5.74) is 2.19. The second-order valence-corrected chi connectivity index (χ2v) is 5.77. The molecule has 0 aliphatic rings. The molecule has 2 aromatic carbocycles. The van der Waals surface area contributed by atoms with E-state index in [1.165, 1.54) is 5.56 Å². The fourth-order valence-corrected chi connectivity index (χ4v) is 2.18. The Morgan fingerprint density at radius 1 is 0.960 bits per heavy atom. The third kappa shape index (κ3) is 7.16. The minimum absolute atomic E-state index is 0.215. The van der Waals surface area contributed by atoms with E-state index < -0.39 is 0 Å². The number of hydrogen-bond donors (Lipinski definition) is 2. The van der Waals surface area contributed by atoms with Crippen LogP contribution in [-0.4, -0.2) is 25.8 Å². The van der Waals surface area contributed by atoms with E-state index in [9.17, 15) is 4.79 Å². The molecule has 0 aliphatic heterocycles. The van der Waals surface area contributed by atoms with Gasteiger partial charge in [-0.3, -0.25) is 0 Å². The molecule has 2 amide bonds. The molecule has 0 unspecified atom stereocenters. The van der Waals surface area contributed by atoms with Crippen LogP contribution < -0.4 is 20.1 Å². The first-order valence-corrected chi connectivity index (χ1v) is 8.60. The summed E-state index contributed by atoms with van der Waals surface area (Å²) in [5.74, 6) is 1.63. The van der Waals surface area contributed by atoms with Crippen molar-refractivity contribution in [2.75, 3.05) is 19.8 Å². The van der Waals surface area contributed by atoms with E-state index in [0.717, 1.165) is 23.5 Å². The second-order valence-electron chi connectivity index (χ2n) is 5.77. The molecule has 5 nitrogen and oxygen atoms in total. The van der Waals surface area contributed by atoms with Crippen LogP contribution in [-0.2, 0) is 6.54 Å². The van der Waals surface area contributed by atoms with Crippen molar-refractivity contribution in [2.24, 2.45) is 0 Å². The van der Waals surface area contributed by atoms with Crippen molar-refractivity contribution in [1.29, 1.82) is 0 Å². The fourth-order valence-electron chi connectivity index (χ4n) is 2.18. The molecule has 0 spiro atoms. The van der Waals surface area contributed by atoms with Crippen molar-refractivity contribution >= 4 is 6.03 Å². The maximum Gasteiger partial charge on any atom is 0.315 e. The molecule has 0 heterocycles. The Morgan fingerprint density at radius 3 is 2.48 bits per heavy atom. The quantitative estimate of drug-likeness (QED) is 0.684. The molecule has 0 aromatic heterocycles. The molecule has 0 atom stereocenters. The summed E-state index contributed by atoms with van der Waals surface area (Å²) in [6, 6.07) is 15.4. The first-order chi connectivity index (χ1) is 12.2. The zero-order valence-electron chi connectivity index (χ0n) is 14.9. The molecule has 0 bridgehead atoms. The Bertz CT molecular complexity index is 656. The highest BCUT2D eigenvalue weighted by Crippen LogP contribution is 2.13. The second kappa shape index (κ2) is 10.2. The normalized spacial score (nSPS) is 10.2. The molecular weight excluding hydrogens is 316 g/mol. The number of nitrogens with one attached hydrogen (secondary N) is 2. The summed E-state index contributed by atoms with van der Waals surface area (Å²) in [5, 5.41) is 5.60. The summed E-state index contributed by atoms with van der Waals surface area (Å²) in [6.45, 7) is 6.11. The van der Waals surface area contributed by atoms with E-state index in [1.807, 2.05) is 55.5 Å². The molecule has 0 radical (unpaired) electrons. The number of rotatable bonds is 9. The molecule has 0 saturated heterocycles. The number of ether oxygens (including phenoxy) is 2. The first kappa shape index (κ1) is 18.6. The lowest BCUT2D eigenvalue weighted by Crippen LogP contribution is -2.37. The topological polar surface area (TPSA) is 59.6 Å². The minimum Gasteiger partial charge on any atom is -0.494 e. The van der Waals surface area contributed by atoms with Gasteiger partial charge >= 0.3 is 6.03 Å². The maximum absolute atomic E-state index is 11.8. The Balaban J connectivity index is 1.64. The van der Waals surface area contributed by atoms with Gasteiger partial charge in [-0.2, -0.15) is 0 Å². The number of benzene rings is 2. The predicted molar refractivity (Wildman–Crippen MR) is 99.1 cm³/mol. The summed E-state index contributed by atoms with van der Waals surface area (Å²) < 4.78 is 11.2. The fraction of sp³-hybridized carbons (Fsp3) is 0.350. The van der Waals surface area contributed by atoms with Crippen LogP contribution in [0.2, 0.25) is 0 Å². The molecule has 0 saturated carbocycles.